The number of hydrogen-bond acceptors (Lipinski definition) is 15. The van der Waals surface area contributed by atoms with Crippen molar-refractivity contribution in [2.24, 2.45) is 0 Å². The lowest BCUT2D eigenvalue weighted by molar-refractivity contribution is -0.332. The van der Waals surface area contributed by atoms with Crippen LogP contribution in [-0.2, 0) is 38.0 Å². The summed E-state index contributed by atoms with van der Waals surface area (Å²) >= 11 is 0. The number of carbonyl (C=O) groups excluding carboxylic acids is 2. The number of hydrogen-bond donors (Lipinski definition) is 7. The highest BCUT2D eigenvalue weighted by molar-refractivity contribution is 5.70. The number of rotatable bonds is 38. The first-order valence-corrected chi connectivity index (χ1v) is 25.5. The molecule has 2 aliphatic rings. The monoisotopic (exact) mass is 965 g/mol. The van der Waals surface area contributed by atoms with Gasteiger partial charge >= 0.3 is 11.9 Å². The van der Waals surface area contributed by atoms with E-state index in [4.69, 9.17) is 28.4 Å². The van der Waals surface area contributed by atoms with E-state index in [-0.39, 0.29) is 19.4 Å². The van der Waals surface area contributed by atoms with Crippen LogP contribution in [0.5, 0.6) is 0 Å². The van der Waals surface area contributed by atoms with E-state index in [1.807, 2.05) is 12.2 Å². The minimum atomic E-state index is -1.78. The highest BCUT2D eigenvalue weighted by atomic mass is 16.7. The fourth-order valence-electron chi connectivity index (χ4n) is 7.54. The molecule has 0 aromatic heterocycles. The third-order valence-corrected chi connectivity index (χ3v) is 11.7. The number of aliphatic hydroxyl groups excluding tert-OH is 7. The standard InChI is InChI=1S/C53H88O15/c1-3-5-7-9-11-13-15-17-18-19-20-21-22-24-26-28-30-32-34-36-45(56)66-41(38-63-44(55)35-33-31-29-27-25-23-16-14-12-10-8-6-4-2)39-64-52-51(62)49(60)47(58)43(68-52)40-65-53-50(61)48(59)46(57)42(37-54)67-53/h5,7,11,13,17-18,20-21,24,26,30,32,41-43,46-54,57-62H,3-4,6,8-10,12,14-16,19,22-23,25,27-29,31,33-40H2,1-2H3/b7-5-,13-11-,18-17-,21-20-,26-24-,32-30-. The SMILES string of the molecule is CC/C=C\C/C=C\C/C=C\C/C=C\C/C=C\C/C=C\CCC(=O)OC(COC(=O)CCCCCCCCCCCCCCC)COC1OC(COC2OC(CO)C(O)C(O)C2O)C(O)C(O)C1O. The zero-order chi connectivity index (χ0) is 49.6. The van der Waals surface area contributed by atoms with Gasteiger partial charge in [0.15, 0.2) is 18.7 Å². The summed E-state index contributed by atoms with van der Waals surface area (Å²) in [6.45, 7) is 2.38. The Bertz CT molecular complexity index is 1460. The summed E-state index contributed by atoms with van der Waals surface area (Å²) in [5, 5.41) is 72.0. The molecule has 0 aromatic carbocycles. The molecule has 2 heterocycles. The zero-order valence-corrected chi connectivity index (χ0v) is 41.1. The lowest BCUT2D eigenvalue weighted by Gasteiger charge is -2.42. The van der Waals surface area contributed by atoms with Crippen LogP contribution in [0.3, 0.4) is 0 Å². The molecule has 15 nitrogen and oxygen atoms in total. The molecule has 0 spiro atoms. The summed E-state index contributed by atoms with van der Waals surface area (Å²) in [5.41, 5.74) is 0. The number of unbranched alkanes of at least 4 members (excludes halogenated alkanes) is 12. The van der Waals surface area contributed by atoms with Gasteiger partial charge in [-0.3, -0.25) is 9.59 Å². The Balaban J connectivity index is 1.85. The quantitative estimate of drug-likeness (QED) is 0.0187. The van der Waals surface area contributed by atoms with Crippen molar-refractivity contribution < 1.29 is 73.8 Å². The van der Waals surface area contributed by atoms with Crippen LogP contribution in [0.25, 0.3) is 0 Å². The Labute approximate surface area is 406 Å². The minimum absolute atomic E-state index is 0.0381. The van der Waals surface area contributed by atoms with E-state index in [2.05, 4.69) is 74.6 Å². The van der Waals surface area contributed by atoms with Gasteiger partial charge in [-0.15, -0.1) is 0 Å². The van der Waals surface area contributed by atoms with E-state index in [0.29, 0.717) is 19.3 Å². The van der Waals surface area contributed by atoms with Crippen molar-refractivity contribution in [3.63, 3.8) is 0 Å². The fourth-order valence-corrected chi connectivity index (χ4v) is 7.54. The number of aliphatic hydroxyl groups is 7. The first-order valence-electron chi connectivity index (χ1n) is 25.5. The summed E-state index contributed by atoms with van der Waals surface area (Å²) < 4.78 is 33.5. The molecule has 15 heteroatoms. The van der Waals surface area contributed by atoms with Gasteiger partial charge in [0.2, 0.25) is 0 Å². The molecule has 11 unspecified atom stereocenters. The first-order chi connectivity index (χ1) is 33.0. The van der Waals surface area contributed by atoms with Crippen LogP contribution in [0.2, 0.25) is 0 Å². The lowest BCUT2D eigenvalue weighted by Crippen LogP contribution is -2.61. The molecular formula is C53H88O15. The molecule has 7 N–H and O–H groups in total. The number of ether oxygens (including phenoxy) is 6. The lowest BCUT2D eigenvalue weighted by atomic mass is 9.98. The molecular weight excluding hydrogens is 877 g/mol. The Kier molecular flexibility index (Phi) is 35.6. The van der Waals surface area contributed by atoms with Gasteiger partial charge in [-0.2, -0.15) is 0 Å². The molecule has 0 aliphatic carbocycles. The van der Waals surface area contributed by atoms with Gasteiger partial charge in [0.05, 0.1) is 19.8 Å². The third kappa shape index (κ3) is 27.4. The Morgan fingerprint density at radius 2 is 0.926 bits per heavy atom. The van der Waals surface area contributed by atoms with Gasteiger partial charge < -0.3 is 64.2 Å². The largest absolute Gasteiger partial charge is 0.462 e. The van der Waals surface area contributed by atoms with Crippen molar-refractivity contribution in [2.45, 2.75) is 223 Å². The summed E-state index contributed by atoms with van der Waals surface area (Å²) in [4.78, 5) is 25.7. The first kappa shape index (κ1) is 61.1. The molecule has 0 bridgehead atoms. The molecule has 2 saturated heterocycles. The molecule has 390 valence electrons. The smallest absolute Gasteiger partial charge is 0.306 e. The summed E-state index contributed by atoms with van der Waals surface area (Å²) in [7, 11) is 0. The van der Waals surface area contributed by atoms with Crippen molar-refractivity contribution in [3.05, 3.63) is 72.9 Å². The average molecular weight is 965 g/mol. The van der Waals surface area contributed by atoms with Gasteiger partial charge in [0.25, 0.3) is 0 Å². The van der Waals surface area contributed by atoms with Gasteiger partial charge in [0.1, 0.15) is 55.4 Å². The minimum Gasteiger partial charge on any atom is -0.462 e. The maximum Gasteiger partial charge on any atom is 0.306 e. The second-order valence-corrected chi connectivity index (χ2v) is 17.6. The molecule has 2 aliphatic heterocycles. The van der Waals surface area contributed by atoms with Gasteiger partial charge in [-0.25, -0.2) is 0 Å². The van der Waals surface area contributed by atoms with Crippen LogP contribution in [0.4, 0.5) is 0 Å². The highest BCUT2D eigenvalue weighted by Gasteiger charge is 2.47. The Hall–Kier alpha value is -3.06. The molecule has 2 fully saturated rings. The summed E-state index contributed by atoms with van der Waals surface area (Å²) in [6.07, 6.45) is 29.4. The van der Waals surface area contributed by atoms with E-state index in [1.165, 1.54) is 57.8 Å². The van der Waals surface area contributed by atoms with Crippen LogP contribution in [0, 0.1) is 0 Å². The number of allylic oxidation sites excluding steroid dienone is 12. The van der Waals surface area contributed by atoms with Crippen LogP contribution in [-0.4, -0.2) is 142 Å². The second-order valence-electron chi connectivity index (χ2n) is 17.6. The van der Waals surface area contributed by atoms with Crippen molar-refractivity contribution in [2.75, 3.05) is 26.4 Å². The molecule has 11 atom stereocenters. The number of esters is 2. The maximum absolute atomic E-state index is 13.0. The van der Waals surface area contributed by atoms with Gasteiger partial charge in [-0.1, -0.05) is 164 Å². The Morgan fingerprint density at radius 3 is 1.43 bits per heavy atom. The van der Waals surface area contributed by atoms with Gasteiger partial charge in [0, 0.05) is 12.8 Å². The van der Waals surface area contributed by atoms with Crippen molar-refractivity contribution in [3.8, 4) is 0 Å². The third-order valence-electron chi connectivity index (χ3n) is 11.7. The van der Waals surface area contributed by atoms with Crippen molar-refractivity contribution in [1.82, 2.24) is 0 Å². The highest BCUT2D eigenvalue weighted by Crippen LogP contribution is 2.26. The zero-order valence-electron chi connectivity index (χ0n) is 41.1. The van der Waals surface area contributed by atoms with Crippen LogP contribution in [0.15, 0.2) is 72.9 Å². The molecule has 68 heavy (non-hydrogen) atoms. The van der Waals surface area contributed by atoms with Crippen LogP contribution in [0.1, 0.15) is 155 Å². The fraction of sp³-hybridized carbons (Fsp3) is 0.736. The summed E-state index contributed by atoms with van der Waals surface area (Å²) in [6, 6.07) is 0. The van der Waals surface area contributed by atoms with E-state index in [0.717, 1.165) is 51.4 Å². The number of carbonyl (C=O) groups is 2. The van der Waals surface area contributed by atoms with E-state index < -0.39 is 99.3 Å². The summed E-state index contributed by atoms with van der Waals surface area (Å²) in [5.74, 6) is -1.03. The Morgan fingerprint density at radius 1 is 0.485 bits per heavy atom. The molecule has 0 aromatic rings. The topological polar surface area (TPSA) is 231 Å². The van der Waals surface area contributed by atoms with Crippen molar-refractivity contribution in [1.29, 1.82) is 0 Å². The van der Waals surface area contributed by atoms with E-state index in [9.17, 15) is 45.3 Å². The second kappa shape index (κ2) is 39.6. The molecule has 0 radical (unpaired) electrons. The molecule has 0 saturated carbocycles. The predicted octanol–water partition coefficient (Wildman–Crippen LogP) is 7.04. The van der Waals surface area contributed by atoms with Crippen LogP contribution >= 0.6 is 0 Å². The van der Waals surface area contributed by atoms with Gasteiger partial charge in [-0.05, 0) is 51.4 Å². The van der Waals surface area contributed by atoms with E-state index in [1.54, 1.807) is 0 Å². The van der Waals surface area contributed by atoms with Crippen molar-refractivity contribution >= 4 is 11.9 Å². The molecule has 0 amide bonds. The maximum atomic E-state index is 13.0. The van der Waals surface area contributed by atoms with E-state index >= 15 is 0 Å². The normalized spacial score (nSPS) is 26.4. The average Bonchev–Trinajstić information content (AvgIpc) is 3.33. The van der Waals surface area contributed by atoms with Crippen LogP contribution < -0.4 is 0 Å². The predicted molar refractivity (Wildman–Crippen MR) is 261 cm³/mol. The molecule has 2 rings (SSSR count).